The van der Waals surface area contributed by atoms with Gasteiger partial charge in [0.15, 0.2) is 0 Å². The maximum absolute atomic E-state index is 13.7. The second-order valence-electron chi connectivity index (χ2n) is 5.78. The molecule has 1 aliphatic heterocycles. The molecule has 2 amide bonds. The molecule has 25 heavy (non-hydrogen) atoms. The van der Waals surface area contributed by atoms with Gasteiger partial charge in [-0.15, -0.1) is 0 Å². The average Bonchev–Trinajstić information content (AvgIpc) is 3.07. The summed E-state index contributed by atoms with van der Waals surface area (Å²) in [6.45, 7) is 0.375. The van der Waals surface area contributed by atoms with E-state index in [1.54, 1.807) is 0 Å². The van der Waals surface area contributed by atoms with Crippen LogP contribution in [0.15, 0.2) is 42.5 Å². The van der Waals surface area contributed by atoms with Crippen molar-refractivity contribution in [2.75, 3.05) is 11.9 Å². The zero-order valence-corrected chi connectivity index (χ0v) is 13.1. The molecular formula is C18H15F3N2O2. The van der Waals surface area contributed by atoms with Crippen molar-refractivity contribution in [2.45, 2.75) is 18.9 Å². The summed E-state index contributed by atoms with van der Waals surface area (Å²) in [7, 11) is 0. The summed E-state index contributed by atoms with van der Waals surface area (Å²) in [5.74, 6) is -3.03. The molecule has 1 N–H and O–H groups in total. The molecule has 1 saturated heterocycles. The van der Waals surface area contributed by atoms with E-state index >= 15 is 0 Å². The zero-order valence-electron chi connectivity index (χ0n) is 13.1. The highest BCUT2D eigenvalue weighted by Crippen LogP contribution is 2.23. The summed E-state index contributed by atoms with van der Waals surface area (Å²) in [6, 6.07) is 7.12. The third-order valence-corrected chi connectivity index (χ3v) is 4.10. The van der Waals surface area contributed by atoms with Gasteiger partial charge in [-0.2, -0.15) is 0 Å². The Morgan fingerprint density at radius 3 is 2.36 bits per heavy atom. The van der Waals surface area contributed by atoms with E-state index in [2.05, 4.69) is 5.32 Å². The van der Waals surface area contributed by atoms with Crippen LogP contribution in [0.5, 0.6) is 0 Å². The quantitative estimate of drug-likeness (QED) is 0.925. The van der Waals surface area contributed by atoms with Crippen LogP contribution in [0.2, 0.25) is 0 Å². The fraction of sp³-hybridized carbons (Fsp3) is 0.222. The molecule has 0 unspecified atom stereocenters. The van der Waals surface area contributed by atoms with Crippen LogP contribution < -0.4 is 5.32 Å². The van der Waals surface area contributed by atoms with Crippen molar-refractivity contribution in [1.82, 2.24) is 4.90 Å². The number of anilines is 1. The molecule has 4 nitrogen and oxygen atoms in total. The number of carbonyl (C=O) groups is 2. The topological polar surface area (TPSA) is 49.4 Å². The highest BCUT2D eigenvalue weighted by molar-refractivity contribution is 6.01. The lowest BCUT2D eigenvalue weighted by atomic mass is 10.1. The number of amides is 2. The molecule has 3 rings (SSSR count). The minimum Gasteiger partial charge on any atom is -0.327 e. The van der Waals surface area contributed by atoms with Crippen molar-refractivity contribution >= 4 is 17.5 Å². The van der Waals surface area contributed by atoms with E-state index in [0.29, 0.717) is 25.5 Å². The molecule has 130 valence electrons. The molecule has 0 aliphatic carbocycles. The van der Waals surface area contributed by atoms with Gasteiger partial charge in [0.25, 0.3) is 5.91 Å². The van der Waals surface area contributed by atoms with Crippen molar-refractivity contribution < 1.29 is 22.8 Å². The monoisotopic (exact) mass is 348 g/mol. The summed E-state index contributed by atoms with van der Waals surface area (Å²) in [5.41, 5.74) is 0.126. The van der Waals surface area contributed by atoms with Gasteiger partial charge >= 0.3 is 0 Å². The van der Waals surface area contributed by atoms with E-state index in [-0.39, 0.29) is 11.3 Å². The Hall–Kier alpha value is -2.83. The number of nitrogens with one attached hydrogen (secondary N) is 1. The summed E-state index contributed by atoms with van der Waals surface area (Å²) in [6.07, 6.45) is 1.05. The van der Waals surface area contributed by atoms with Crippen molar-refractivity contribution in [3.63, 3.8) is 0 Å². The second kappa shape index (κ2) is 6.96. The molecule has 0 spiro atoms. The maximum atomic E-state index is 13.7. The first-order chi connectivity index (χ1) is 12.0. The SMILES string of the molecule is O=C(Nc1ccc(F)cc1F)[C@@H]1CCCN1C(=O)c1ccc(F)cc1. The Balaban J connectivity index is 1.75. The molecule has 0 bridgehead atoms. The maximum Gasteiger partial charge on any atom is 0.254 e. The standard InChI is InChI=1S/C18H15F3N2O2/c19-12-5-3-11(4-6-12)18(25)23-9-1-2-16(23)17(24)22-15-8-7-13(20)10-14(15)21/h3-8,10,16H,1-2,9H2,(H,22,24)/t16-/m0/s1. The van der Waals surface area contributed by atoms with Crippen molar-refractivity contribution in [3.05, 3.63) is 65.5 Å². The van der Waals surface area contributed by atoms with Gasteiger partial charge < -0.3 is 10.2 Å². The Bertz CT molecular complexity index is 808. The van der Waals surface area contributed by atoms with E-state index in [9.17, 15) is 22.8 Å². The number of carbonyl (C=O) groups excluding carboxylic acids is 2. The first-order valence-corrected chi connectivity index (χ1v) is 7.78. The summed E-state index contributed by atoms with van der Waals surface area (Å²) in [4.78, 5) is 26.3. The number of hydrogen-bond donors (Lipinski definition) is 1. The molecule has 7 heteroatoms. The smallest absolute Gasteiger partial charge is 0.254 e. The van der Waals surface area contributed by atoms with Gasteiger partial charge in [0.1, 0.15) is 23.5 Å². The van der Waals surface area contributed by atoms with Crippen LogP contribution in [-0.4, -0.2) is 29.3 Å². The predicted octanol–water partition coefficient (Wildman–Crippen LogP) is 3.35. The Morgan fingerprint density at radius 2 is 1.68 bits per heavy atom. The number of halogens is 3. The van der Waals surface area contributed by atoms with E-state index in [0.717, 1.165) is 12.1 Å². The summed E-state index contributed by atoms with van der Waals surface area (Å²) >= 11 is 0. The molecule has 0 radical (unpaired) electrons. The lowest BCUT2D eigenvalue weighted by Gasteiger charge is -2.24. The molecule has 0 saturated carbocycles. The lowest BCUT2D eigenvalue weighted by molar-refractivity contribution is -0.119. The molecule has 1 fully saturated rings. The fourth-order valence-electron chi connectivity index (χ4n) is 2.85. The van der Waals surface area contributed by atoms with Crippen LogP contribution in [0.3, 0.4) is 0 Å². The number of nitrogens with zero attached hydrogens (tertiary/aromatic N) is 1. The molecular weight excluding hydrogens is 333 g/mol. The van der Waals surface area contributed by atoms with Gasteiger partial charge in [-0.05, 0) is 49.2 Å². The molecule has 2 aromatic rings. The van der Waals surface area contributed by atoms with Crippen LogP contribution in [0.25, 0.3) is 0 Å². The molecule has 0 aromatic heterocycles. The van der Waals surface area contributed by atoms with Gasteiger partial charge in [0.2, 0.25) is 5.91 Å². The minimum atomic E-state index is -0.886. The first kappa shape index (κ1) is 17.0. The number of hydrogen-bond acceptors (Lipinski definition) is 2. The first-order valence-electron chi connectivity index (χ1n) is 7.78. The Labute approximate surface area is 142 Å². The Morgan fingerprint density at radius 1 is 1.00 bits per heavy atom. The van der Waals surface area contributed by atoms with E-state index < -0.39 is 35.3 Å². The third kappa shape index (κ3) is 3.65. The van der Waals surface area contributed by atoms with Crippen LogP contribution in [0.1, 0.15) is 23.2 Å². The van der Waals surface area contributed by atoms with Crippen molar-refractivity contribution in [3.8, 4) is 0 Å². The number of likely N-dealkylation sites (tertiary alicyclic amines) is 1. The van der Waals surface area contributed by atoms with Gasteiger partial charge in [0, 0.05) is 18.2 Å². The summed E-state index contributed by atoms with van der Waals surface area (Å²) < 4.78 is 39.6. The lowest BCUT2D eigenvalue weighted by Crippen LogP contribution is -2.43. The van der Waals surface area contributed by atoms with Crippen molar-refractivity contribution in [2.24, 2.45) is 0 Å². The van der Waals surface area contributed by atoms with Gasteiger partial charge in [0.05, 0.1) is 5.69 Å². The van der Waals surface area contributed by atoms with E-state index in [1.165, 1.54) is 29.2 Å². The zero-order chi connectivity index (χ0) is 18.0. The fourth-order valence-corrected chi connectivity index (χ4v) is 2.85. The van der Waals surface area contributed by atoms with Gasteiger partial charge in [-0.25, -0.2) is 13.2 Å². The normalized spacial score (nSPS) is 16.8. The average molecular weight is 348 g/mol. The number of rotatable bonds is 3. The van der Waals surface area contributed by atoms with Crippen LogP contribution >= 0.6 is 0 Å². The molecule has 1 heterocycles. The predicted molar refractivity (Wildman–Crippen MR) is 85.4 cm³/mol. The Kier molecular flexibility index (Phi) is 4.74. The second-order valence-corrected chi connectivity index (χ2v) is 5.78. The molecule has 2 aromatic carbocycles. The van der Waals surface area contributed by atoms with Gasteiger partial charge in [-0.1, -0.05) is 0 Å². The van der Waals surface area contributed by atoms with Gasteiger partial charge in [-0.3, -0.25) is 9.59 Å². The van der Waals surface area contributed by atoms with Crippen LogP contribution in [0.4, 0.5) is 18.9 Å². The van der Waals surface area contributed by atoms with Crippen molar-refractivity contribution in [1.29, 1.82) is 0 Å². The third-order valence-electron chi connectivity index (χ3n) is 4.10. The minimum absolute atomic E-state index is 0.146. The summed E-state index contributed by atoms with van der Waals surface area (Å²) in [5, 5.41) is 2.39. The highest BCUT2D eigenvalue weighted by atomic mass is 19.1. The highest BCUT2D eigenvalue weighted by Gasteiger charge is 2.34. The van der Waals surface area contributed by atoms with Crippen LogP contribution in [-0.2, 0) is 4.79 Å². The molecule has 1 atom stereocenters. The largest absolute Gasteiger partial charge is 0.327 e. The number of benzene rings is 2. The molecule has 1 aliphatic rings. The van der Waals surface area contributed by atoms with E-state index in [1.807, 2.05) is 0 Å². The van der Waals surface area contributed by atoms with E-state index in [4.69, 9.17) is 0 Å². The van der Waals surface area contributed by atoms with Crippen LogP contribution in [0, 0.1) is 17.5 Å².